The molecule has 10 heteroatoms. The SMILES string of the molecule is Cc1nc(OCCNC(=O)COc2ccc(Cl)cc2Cl)cc(N2CCOCC2)n1. The molecule has 2 aromatic rings. The molecule has 1 aromatic heterocycles. The Hall–Kier alpha value is -2.29. The summed E-state index contributed by atoms with van der Waals surface area (Å²) < 4.78 is 16.4. The van der Waals surface area contributed by atoms with Crippen molar-refractivity contribution in [1.29, 1.82) is 0 Å². The highest BCUT2D eigenvalue weighted by Gasteiger charge is 2.14. The van der Waals surface area contributed by atoms with Crippen molar-refractivity contribution >= 4 is 34.9 Å². The first-order chi connectivity index (χ1) is 14.0. The van der Waals surface area contributed by atoms with Crippen molar-refractivity contribution in [2.75, 3.05) is 51.0 Å². The van der Waals surface area contributed by atoms with Crippen LogP contribution < -0.4 is 19.7 Å². The number of ether oxygens (including phenoxy) is 3. The number of morpholine rings is 1. The molecule has 1 aliphatic rings. The molecule has 1 aliphatic heterocycles. The van der Waals surface area contributed by atoms with E-state index in [0.717, 1.165) is 18.9 Å². The maximum Gasteiger partial charge on any atom is 0.258 e. The second-order valence-electron chi connectivity index (χ2n) is 6.27. The first-order valence-electron chi connectivity index (χ1n) is 9.17. The van der Waals surface area contributed by atoms with Crippen LogP contribution in [0.15, 0.2) is 24.3 Å². The molecule has 0 unspecified atom stereocenters. The third-order valence-corrected chi connectivity index (χ3v) is 4.59. The molecule has 1 aromatic carbocycles. The summed E-state index contributed by atoms with van der Waals surface area (Å²) >= 11 is 11.8. The van der Waals surface area contributed by atoms with Crippen LogP contribution in [-0.4, -0.2) is 61.9 Å². The minimum atomic E-state index is -0.285. The Morgan fingerprint density at radius 3 is 2.76 bits per heavy atom. The van der Waals surface area contributed by atoms with Crippen LogP contribution >= 0.6 is 23.2 Å². The van der Waals surface area contributed by atoms with Gasteiger partial charge in [0.1, 0.15) is 24.0 Å². The van der Waals surface area contributed by atoms with Crippen LogP contribution in [0.3, 0.4) is 0 Å². The van der Waals surface area contributed by atoms with E-state index in [9.17, 15) is 4.79 Å². The molecule has 156 valence electrons. The highest BCUT2D eigenvalue weighted by Crippen LogP contribution is 2.27. The van der Waals surface area contributed by atoms with Crippen LogP contribution in [0.1, 0.15) is 5.82 Å². The van der Waals surface area contributed by atoms with Crippen molar-refractivity contribution in [2.24, 2.45) is 0 Å². The molecule has 2 heterocycles. The van der Waals surface area contributed by atoms with Gasteiger partial charge in [-0.2, -0.15) is 4.98 Å². The largest absolute Gasteiger partial charge is 0.482 e. The zero-order valence-corrected chi connectivity index (χ0v) is 17.5. The lowest BCUT2D eigenvalue weighted by Crippen LogP contribution is -2.37. The van der Waals surface area contributed by atoms with Gasteiger partial charge in [-0.15, -0.1) is 0 Å². The number of carbonyl (C=O) groups excluding carboxylic acids is 1. The first kappa shape index (κ1) is 21.4. The average Bonchev–Trinajstić information content (AvgIpc) is 2.71. The van der Waals surface area contributed by atoms with Crippen molar-refractivity contribution in [3.63, 3.8) is 0 Å². The van der Waals surface area contributed by atoms with Gasteiger partial charge in [-0.1, -0.05) is 23.2 Å². The number of nitrogens with one attached hydrogen (secondary N) is 1. The van der Waals surface area contributed by atoms with Crippen molar-refractivity contribution < 1.29 is 19.0 Å². The predicted molar refractivity (Wildman–Crippen MR) is 110 cm³/mol. The second-order valence-corrected chi connectivity index (χ2v) is 7.12. The van der Waals surface area contributed by atoms with E-state index in [1.165, 1.54) is 0 Å². The highest BCUT2D eigenvalue weighted by molar-refractivity contribution is 6.35. The van der Waals surface area contributed by atoms with E-state index in [2.05, 4.69) is 20.2 Å². The molecule has 8 nitrogen and oxygen atoms in total. The fourth-order valence-electron chi connectivity index (χ4n) is 2.69. The fourth-order valence-corrected chi connectivity index (χ4v) is 3.15. The number of amides is 1. The molecular weight excluding hydrogens is 419 g/mol. The molecule has 0 aliphatic carbocycles. The smallest absolute Gasteiger partial charge is 0.258 e. The van der Waals surface area contributed by atoms with Crippen LogP contribution in [0, 0.1) is 6.92 Å². The summed E-state index contributed by atoms with van der Waals surface area (Å²) in [5, 5.41) is 3.57. The minimum absolute atomic E-state index is 0.158. The Morgan fingerprint density at radius 2 is 2.00 bits per heavy atom. The normalized spacial score (nSPS) is 13.8. The standard InChI is InChI=1S/C19H22Cl2N4O4/c1-13-23-17(25-5-8-27-9-6-25)11-19(24-13)28-7-4-22-18(26)12-29-16-3-2-14(20)10-15(16)21/h2-3,10-11H,4-9,12H2,1H3,(H,22,26). The van der Waals surface area contributed by atoms with Crippen molar-refractivity contribution in [1.82, 2.24) is 15.3 Å². The van der Waals surface area contributed by atoms with E-state index in [4.69, 9.17) is 37.4 Å². The van der Waals surface area contributed by atoms with Crippen LogP contribution in [0.2, 0.25) is 10.0 Å². The Balaban J connectivity index is 1.41. The van der Waals surface area contributed by atoms with E-state index < -0.39 is 0 Å². The molecular formula is C19H22Cl2N4O4. The van der Waals surface area contributed by atoms with Crippen LogP contribution in [0.25, 0.3) is 0 Å². The van der Waals surface area contributed by atoms with Gasteiger partial charge in [-0.25, -0.2) is 4.98 Å². The monoisotopic (exact) mass is 440 g/mol. The summed E-state index contributed by atoms with van der Waals surface area (Å²) in [7, 11) is 0. The number of carbonyl (C=O) groups is 1. The molecule has 0 atom stereocenters. The number of halogens is 2. The molecule has 0 radical (unpaired) electrons. The topological polar surface area (TPSA) is 85.8 Å². The lowest BCUT2D eigenvalue weighted by atomic mass is 10.3. The molecule has 1 saturated heterocycles. The summed E-state index contributed by atoms with van der Waals surface area (Å²) in [6, 6.07) is 6.61. The maximum absolute atomic E-state index is 11.9. The maximum atomic E-state index is 11.9. The van der Waals surface area contributed by atoms with Gasteiger partial charge in [0.2, 0.25) is 5.88 Å². The number of nitrogens with zero attached hydrogens (tertiary/aromatic N) is 3. The quantitative estimate of drug-likeness (QED) is 0.630. The van der Waals surface area contributed by atoms with E-state index in [-0.39, 0.29) is 19.1 Å². The molecule has 0 saturated carbocycles. The zero-order valence-electron chi connectivity index (χ0n) is 16.0. The third-order valence-electron chi connectivity index (χ3n) is 4.06. The van der Waals surface area contributed by atoms with Crippen molar-refractivity contribution in [2.45, 2.75) is 6.92 Å². The van der Waals surface area contributed by atoms with Gasteiger partial charge in [-0.3, -0.25) is 4.79 Å². The third kappa shape index (κ3) is 6.62. The second kappa shape index (κ2) is 10.5. The molecule has 0 spiro atoms. The average molecular weight is 441 g/mol. The molecule has 1 amide bonds. The highest BCUT2D eigenvalue weighted by atomic mass is 35.5. The van der Waals surface area contributed by atoms with Crippen LogP contribution in [0.4, 0.5) is 5.82 Å². The molecule has 1 fully saturated rings. The van der Waals surface area contributed by atoms with E-state index in [0.29, 0.717) is 47.3 Å². The number of aromatic nitrogens is 2. The van der Waals surface area contributed by atoms with Gasteiger partial charge in [0, 0.05) is 24.2 Å². The van der Waals surface area contributed by atoms with Gasteiger partial charge in [0.05, 0.1) is 24.8 Å². The zero-order chi connectivity index (χ0) is 20.6. The summed E-state index contributed by atoms with van der Waals surface area (Å²) in [5.41, 5.74) is 0. The number of hydrogen-bond donors (Lipinski definition) is 1. The fraction of sp³-hybridized carbons (Fsp3) is 0.421. The van der Waals surface area contributed by atoms with Gasteiger partial charge < -0.3 is 24.4 Å². The number of rotatable bonds is 8. The number of anilines is 1. The summed E-state index contributed by atoms with van der Waals surface area (Å²) in [5.74, 6) is 2.02. The molecule has 29 heavy (non-hydrogen) atoms. The minimum Gasteiger partial charge on any atom is -0.482 e. The van der Waals surface area contributed by atoms with Gasteiger partial charge in [0.15, 0.2) is 6.61 Å². The summed E-state index contributed by atoms with van der Waals surface area (Å²) in [6.07, 6.45) is 0. The summed E-state index contributed by atoms with van der Waals surface area (Å²) in [6.45, 7) is 5.15. The molecule has 0 bridgehead atoms. The Kier molecular flexibility index (Phi) is 7.74. The number of hydrogen-bond acceptors (Lipinski definition) is 7. The molecule has 3 rings (SSSR count). The number of aryl methyl sites for hydroxylation is 1. The first-order valence-corrected chi connectivity index (χ1v) is 9.92. The lowest BCUT2D eigenvalue weighted by Gasteiger charge is -2.28. The molecule has 1 N–H and O–H groups in total. The van der Waals surface area contributed by atoms with Gasteiger partial charge >= 0.3 is 0 Å². The predicted octanol–water partition coefficient (Wildman–Crippen LogP) is 2.50. The van der Waals surface area contributed by atoms with Crippen LogP contribution in [-0.2, 0) is 9.53 Å². The number of benzene rings is 1. The van der Waals surface area contributed by atoms with Gasteiger partial charge in [-0.05, 0) is 25.1 Å². The van der Waals surface area contributed by atoms with E-state index in [1.807, 2.05) is 6.92 Å². The Labute approximate surface area is 179 Å². The van der Waals surface area contributed by atoms with E-state index >= 15 is 0 Å². The van der Waals surface area contributed by atoms with Crippen molar-refractivity contribution in [3.05, 3.63) is 40.1 Å². The lowest BCUT2D eigenvalue weighted by molar-refractivity contribution is -0.123. The Bertz CT molecular complexity index is 847. The summed E-state index contributed by atoms with van der Waals surface area (Å²) in [4.78, 5) is 22.8. The van der Waals surface area contributed by atoms with Crippen LogP contribution in [0.5, 0.6) is 11.6 Å². The van der Waals surface area contributed by atoms with E-state index in [1.54, 1.807) is 24.3 Å². The van der Waals surface area contributed by atoms with Gasteiger partial charge in [0.25, 0.3) is 5.91 Å². The van der Waals surface area contributed by atoms with Crippen molar-refractivity contribution in [3.8, 4) is 11.6 Å². The Morgan fingerprint density at radius 1 is 1.21 bits per heavy atom.